The Morgan fingerprint density at radius 3 is 2.47 bits per heavy atom. The quantitative estimate of drug-likeness (QED) is 0.562. The lowest BCUT2D eigenvalue weighted by Crippen LogP contribution is -2.43. The monoisotopic (exact) mass is 269 g/mol. The number of hydrogen-bond donors (Lipinski definition) is 4. The minimum Gasteiger partial charge on any atom is -0.480 e. The number of aliphatic carboxylic acids is 1. The van der Waals surface area contributed by atoms with Gasteiger partial charge >= 0.3 is 12.0 Å². The van der Waals surface area contributed by atoms with Crippen molar-refractivity contribution >= 4 is 17.9 Å². The number of carbonyl (C=O) groups excluding carboxylic acids is 1. The van der Waals surface area contributed by atoms with Gasteiger partial charge in [-0.1, -0.05) is 0 Å². The van der Waals surface area contributed by atoms with E-state index < -0.39 is 18.0 Å². The van der Waals surface area contributed by atoms with Crippen molar-refractivity contribution in [1.82, 2.24) is 20.5 Å². The van der Waals surface area contributed by atoms with Crippen molar-refractivity contribution in [3.05, 3.63) is 11.4 Å². The fraction of sp³-hybridized carbons (Fsp3) is 0.500. The molecule has 2 amide bonds. The molecule has 1 aromatic heterocycles. The number of carboxylic acids is 1. The van der Waals surface area contributed by atoms with Crippen LogP contribution in [-0.4, -0.2) is 50.0 Å². The second-order valence-electron chi connectivity index (χ2n) is 3.81. The van der Waals surface area contributed by atoms with E-state index >= 15 is 0 Å². The van der Waals surface area contributed by atoms with Crippen LogP contribution in [0, 0.1) is 13.8 Å². The molecule has 0 saturated heterocycles. The molecule has 0 saturated carbocycles. The van der Waals surface area contributed by atoms with Gasteiger partial charge in [-0.25, -0.2) is 14.6 Å². The van der Waals surface area contributed by atoms with Crippen LogP contribution >= 0.6 is 0 Å². The number of aromatic nitrogens is 3. The molecule has 0 aliphatic rings. The number of aliphatic hydroxyl groups excluding tert-OH is 1. The number of nitrogens with zero attached hydrogens (tertiary/aromatic N) is 3. The lowest BCUT2D eigenvalue weighted by Gasteiger charge is -2.13. The zero-order valence-electron chi connectivity index (χ0n) is 10.5. The van der Waals surface area contributed by atoms with Crippen molar-refractivity contribution < 1.29 is 19.8 Å². The number of carboxylic acid groups (broad SMARTS) is 1. The van der Waals surface area contributed by atoms with Gasteiger partial charge in [0.1, 0.15) is 6.04 Å². The third-order valence-electron chi connectivity index (χ3n) is 2.34. The first kappa shape index (κ1) is 14.8. The maximum atomic E-state index is 11.5. The minimum absolute atomic E-state index is 0.0197. The summed E-state index contributed by atoms with van der Waals surface area (Å²) in [5.41, 5.74) is 1.24. The molecule has 9 heteroatoms. The molecule has 1 atom stereocenters. The number of anilines is 1. The van der Waals surface area contributed by atoms with Crippen LogP contribution < -0.4 is 10.6 Å². The highest BCUT2D eigenvalue weighted by Crippen LogP contribution is 2.02. The maximum Gasteiger partial charge on any atom is 0.326 e. The van der Waals surface area contributed by atoms with Crippen LogP contribution in [0.5, 0.6) is 0 Å². The molecular formula is C10H15N5O4. The molecule has 9 nitrogen and oxygen atoms in total. The summed E-state index contributed by atoms with van der Waals surface area (Å²) in [6.07, 6.45) is -0.0885. The molecule has 0 aliphatic carbocycles. The molecule has 0 radical (unpaired) electrons. The summed E-state index contributed by atoms with van der Waals surface area (Å²) in [5, 5.41) is 29.4. The Labute approximate surface area is 109 Å². The first-order valence-corrected chi connectivity index (χ1v) is 5.53. The van der Waals surface area contributed by atoms with Gasteiger partial charge in [-0.3, -0.25) is 5.32 Å². The molecule has 19 heavy (non-hydrogen) atoms. The molecule has 4 N–H and O–H groups in total. The Morgan fingerprint density at radius 2 is 1.95 bits per heavy atom. The highest BCUT2D eigenvalue weighted by Gasteiger charge is 2.19. The zero-order chi connectivity index (χ0) is 14.4. The summed E-state index contributed by atoms with van der Waals surface area (Å²) in [5.74, 6) is -1.25. The molecule has 0 unspecified atom stereocenters. The first-order chi connectivity index (χ1) is 8.93. The van der Waals surface area contributed by atoms with E-state index in [0.29, 0.717) is 11.4 Å². The summed E-state index contributed by atoms with van der Waals surface area (Å²) in [4.78, 5) is 26.3. The van der Waals surface area contributed by atoms with E-state index in [2.05, 4.69) is 25.8 Å². The Kier molecular flexibility index (Phi) is 5.12. The number of aryl methyl sites for hydroxylation is 2. The van der Waals surface area contributed by atoms with Gasteiger partial charge in [-0.2, -0.15) is 5.10 Å². The first-order valence-electron chi connectivity index (χ1n) is 5.53. The number of rotatable bonds is 5. The molecule has 1 heterocycles. The van der Waals surface area contributed by atoms with Crippen LogP contribution in [0.15, 0.2) is 0 Å². The molecule has 0 spiro atoms. The van der Waals surface area contributed by atoms with Gasteiger partial charge in [0.2, 0.25) is 0 Å². The highest BCUT2D eigenvalue weighted by molar-refractivity contribution is 5.90. The number of amides is 2. The van der Waals surface area contributed by atoms with Crippen LogP contribution in [0.4, 0.5) is 10.7 Å². The van der Waals surface area contributed by atoms with Crippen LogP contribution in [-0.2, 0) is 4.79 Å². The van der Waals surface area contributed by atoms with E-state index in [1.807, 2.05) is 0 Å². The van der Waals surface area contributed by atoms with Crippen molar-refractivity contribution in [3.63, 3.8) is 0 Å². The highest BCUT2D eigenvalue weighted by atomic mass is 16.4. The SMILES string of the molecule is Cc1nnc(NC(=O)N[C@H](CCO)C(=O)O)nc1C. The normalized spacial score (nSPS) is 11.7. The van der Waals surface area contributed by atoms with Crippen LogP contribution in [0.1, 0.15) is 17.8 Å². The number of nitrogens with one attached hydrogen (secondary N) is 2. The summed E-state index contributed by atoms with van der Waals surface area (Å²) >= 11 is 0. The summed E-state index contributed by atoms with van der Waals surface area (Å²) in [6, 6.07) is -1.95. The average molecular weight is 269 g/mol. The van der Waals surface area contributed by atoms with Gasteiger partial charge in [0.25, 0.3) is 5.95 Å². The fourth-order valence-electron chi connectivity index (χ4n) is 1.19. The van der Waals surface area contributed by atoms with Crippen molar-refractivity contribution in [2.45, 2.75) is 26.3 Å². The summed E-state index contributed by atoms with van der Waals surface area (Å²) < 4.78 is 0. The molecule has 0 aliphatic heterocycles. The molecule has 0 bridgehead atoms. The van der Waals surface area contributed by atoms with Gasteiger partial charge in [0.15, 0.2) is 0 Å². The van der Waals surface area contributed by atoms with Crippen molar-refractivity contribution in [1.29, 1.82) is 0 Å². The predicted molar refractivity (Wildman–Crippen MR) is 64.6 cm³/mol. The minimum atomic E-state index is -1.23. The largest absolute Gasteiger partial charge is 0.480 e. The summed E-state index contributed by atoms with van der Waals surface area (Å²) in [6.45, 7) is 3.08. The lowest BCUT2D eigenvalue weighted by atomic mass is 10.2. The second-order valence-corrected chi connectivity index (χ2v) is 3.81. The number of hydrogen-bond acceptors (Lipinski definition) is 6. The maximum absolute atomic E-state index is 11.5. The standard InChI is InChI=1S/C10H15N5O4/c1-5-6(2)14-15-9(11-5)13-10(19)12-7(3-4-16)8(17)18/h7,16H,3-4H2,1-2H3,(H,17,18)(H2,11,12,13,15,19)/t7-/m1/s1. The van der Waals surface area contributed by atoms with Gasteiger partial charge in [-0.15, -0.1) is 5.10 Å². The Morgan fingerprint density at radius 1 is 1.26 bits per heavy atom. The van der Waals surface area contributed by atoms with E-state index in [1.54, 1.807) is 13.8 Å². The van der Waals surface area contributed by atoms with Crippen LogP contribution in [0.2, 0.25) is 0 Å². The van der Waals surface area contributed by atoms with Crippen LogP contribution in [0.25, 0.3) is 0 Å². The Hall–Kier alpha value is -2.29. The lowest BCUT2D eigenvalue weighted by molar-refractivity contribution is -0.139. The van der Waals surface area contributed by atoms with E-state index in [1.165, 1.54) is 0 Å². The molecule has 104 valence electrons. The number of aliphatic hydroxyl groups is 1. The van der Waals surface area contributed by atoms with Gasteiger partial charge < -0.3 is 15.5 Å². The molecule has 0 fully saturated rings. The third kappa shape index (κ3) is 4.47. The van der Waals surface area contributed by atoms with Crippen molar-refractivity contribution in [3.8, 4) is 0 Å². The van der Waals surface area contributed by atoms with Crippen molar-refractivity contribution in [2.24, 2.45) is 0 Å². The van der Waals surface area contributed by atoms with Gasteiger partial charge in [-0.05, 0) is 13.8 Å². The molecule has 1 aromatic rings. The summed E-state index contributed by atoms with van der Waals surface area (Å²) in [7, 11) is 0. The molecule has 1 rings (SSSR count). The number of urea groups is 1. The van der Waals surface area contributed by atoms with Crippen molar-refractivity contribution in [2.75, 3.05) is 11.9 Å². The molecule has 0 aromatic carbocycles. The third-order valence-corrected chi connectivity index (χ3v) is 2.34. The predicted octanol–water partition coefficient (Wildman–Crippen LogP) is -0.554. The number of carbonyl (C=O) groups is 2. The smallest absolute Gasteiger partial charge is 0.326 e. The van der Waals surface area contributed by atoms with E-state index in [4.69, 9.17) is 10.2 Å². The van der Waals surface area contributed by atoms with E-state index in [9.17, 15) is 9.59 Å². The van der Waals surface area contributed by atoms with Crippen LogP contribution in [0.3, 0.4) is 0 Å². The second kappa shape index (κ2) is 6.59. The van der Waals surface area contributed by atoms with Gasteiger partial charge in [0, 0.05) is 13.0 Å². The fourth-order valence-corrected chi connectivity index (χ4v) is 1.19. The van der Waals surface area contributed by atoms with E-state index in [-0.39, 0.29) is 19.0 Å². The average Bonchev–Trinajstić information content (AvgIpc) is 2.33. The topological polar surface area (TPSA) is 137 Å². The Bertz CT molecular complexity index is 479. The van der Waals surface area contributed by atoms with E-state index in [0.717, 1.165) is 0 Å². The molecular weight excluding hydrogens is 254 g/mol. The van der Waals surface area contributed by atoms with Gasteiger partial charge in [0.05, 0.1) is 11.4 Å². The zero-order valence-corrected chi connectivity index (χ0v) is 10.5. The Balaban J connectivity index is 2.63.